The van der Waals surface area contributed by atoms with E-state index >= 15 is 0 Å². The maximum Gasteiger partial charge on any atom is 0.223 e. The van der Waals surface area contributed by atoms with Gasteiger partial charge in [-0.2, -0.15) is 0 Å². The Morgan fingerprint density at radius 1 is 1.18 bits per heavy atom. The van der Waals surface area contributed by atoms with Gasteiger partial charge in [0.05, 0.1) is 17.6 Å². The van der Waals surface area contributed by atoms with Gasteiger partial charge in [-0.25, -0.2) is 0 Å². The van der Waals surface area contributed by atoms with Crippen molar-refractivity contribution in [2.24, 2.45) is 11.1 Å². The van der Waals surface area contributed by atoms with E-state index in [2.05, 4.69) is 50.1 Å². The summed E-state index contributed by atoms with van der Waals surface area (Å²) < 4.78 is 5.78. The summed E-state index contributed by atoms with van der Waals surface area (Å²) >= 11 is 6.33. The zero-order valence-electron chi connectivity index (χ0n) is 21.4. The van der Waals surface area contributed by atoms with Crippen LogP contribution >= 0.6 is 11.6 Å². The van der Waals surface area contributed by atoms with E-state index in [1.54, 1.807) is 18.4 Å². The molecule has 0 spiro atoms. The lowest BCUT2D eigenvalue weighted by atomic mass is 9.96. The number of nitrogens with one attached hydrogen (secondary N) is 2. The molecule has 1 amide bonds. The third-order valence-corrected chi connectivity index (χ3v) is 5.02. The molecule has 6 heteroatoms. The molecule has 0 saturated heterocycles. The summed E-state index contributed by atoms with van der Waals surface area (Å²) in [6.45, 7) is 15.6. The maximum atomic E-state index is 12.2. The van der Waals surface area contributed by atoms with E-state index in [4.69, 9.17) is 22.1 Å². The molecular weight excluding hydrogens is 446 g/mol. The molecule has 0 bridgehead atoms. The summed E-state index contributed by atoms with van der Waals surface area (Å²) in [5.74, 6) is 0.733. The number of rotatable bonds is 14. The first-order valence-electron chi connectivity index (χ1n) is 11.9. The minimum atomic E-state index is -0.0594. The highest BCUT2D eigenvalue weighted by atomic mass is 35.5. The molecule has 0 aliphatic carbocycles. The molecule has 34 heavy (non-hydrogen) atoms. The minimum Gasteiger partial charge on any atom is -0.495 e. The van der Waals surface area contributed by atoms with Crippen molar-refractivity contribution in [2.45, 2.75) is 66.4 Å². The third-order valence-electron chi connectivity index (χ3n) is 4.73. The lowest BCUT2D eigenvalue weighted by Gasteiger charge is -2.21. The van der Waals surface area contributed by atoms with Crippen LogP contribution in [-0.2, 0) is 16.0 Å². The van der Waals surface area contributed by atoms with Gasteiger partial charge in [0.2, 0.25) is 5.91 Å². The van der Waals surface area contributed by atoms with Crippen molar-refractivity contribution in [2.75, 3.05) is 13.1 Å². The van der Waals surface area contributed by atoms with E-state index in [9.17, 15) is 4.79 Å². The third kappa shape index (κ3) is 13.1. The molecule has 1 aromatic carbocycles. The fourth-order valence-electron chi connectivity index (χ4n) is 3.01. The summed E-state index contributed by atoms with van der Waals surface area (Å²) in [6, 6.07) is 8.22. The molecule has 0 unspecified atom stereocenters. The molecule has 4 N–H and O–H groups in total. The molecule has 0 fully saturated rings. The Balaban J connectivity index is 2.49. The highest BCUT2D eigenvalue weighted by molar-refractivity contribution is 6.29. The van der Waals surface area contributed by atoms with E-state index in [1.807, 2.05) is 32.1 Å². The predicted octanol–water partition coefficient (Wildman–Crippen LogP) is 6.03. The first kappa shape index (κ1) is 29.4. The number of carbonyl (C=O) groups excluding carboxylic acids is 1. The van der Waals surface area contributed by atoms with Gasteiger partial charge in [-0.3, -0.25) is 4.79 Å². The molecule has 1 aromatic rings. The van der Waals surface area contributed by atoms with Crippen LogP contribution in [0.3, 0.4) is 0 Å². The van der Waals surface area contributed by atoms with Crippen LogP contribution in [0.4, 0.5) is 0 Å². The summed E-state index contributed by atoms with van der Waals surface area (Å²) in [7, 11) is 0. The van der Waals surface area contributed by atoms with E-state index in [0.29, 0.717) is 24.4 Å². The fraction of sp³-hybridized carbons (Fsp3) is 0.464. The van der Waals surface area contributed by atoms with Gasteiger partial charge < -0.3 is 21.1 Å². The van der Waals surface area contributed by atoms with Crippen molar-refractivity contribution >= 4 is 23.2 Å². The van der Waals surface area contributed by atoms with Crippen molar-refractivity contribution < 1.29 is 9.53 Å². The number of ether oxygens (including phenoxy) is 1. The van der Waals surface area contributed by atoms with Gasteiger partial charge >= 0.3 is 0 Å². The van der Waals surface area contributed by atoms with Gasteiger partial charge in [-0.1, -0.05) is 68.8 Å². The van der Waals surface area contributed by atoms with Gasteiger partial charge in [0.15, 0.2) is 0 Å². The number of hydrogen-bond donors (Lipinski definition) is 3. The average molecular weight is 488 g/mol. The van der Waals surface area contributed by atoms with Crippen LogP contribution < -0.4 is 16.4 Å². The summed E-state index contributed by atoms with van der Waals surface area (Å²) in [6.07, 6.45) is 9.34. The van der Waals surface area contributed by atoms with Crippen LogP contribution in [0, 0.1) is 5.41 Å². The molecule has 0 saturated carbocycles. The number of halogens is 1. The number of amides is 1. The lowest BCUT2D eigenvalue weighted by molar-refractivity contribution is -0.120. The minimum absolute atomic E-state index is 0.0594. The van der Waals surface area contributed by atoms with E-state index in [1.165, 1.54) is 0 Å². The zero-order chi connectivity index (χ0) is 25.6. The smallest absolute Gasteiger partial charge is 0.223 e. The Morgan fingerprint density at radius 3 is 2.41 bits per heavy atom. The monoisotopic (exact) mass is 487 g/mol. The van der Waals surface area contributed by atoms with Crippen LogP contribution in [0.5, 0.6) is 0 Å². The number of carbonyl (C=O) groups is 1. The SMILES string of the molecule is C=CC/C=C(\C/C(Cl)=C\CC(=O)NCCc1ccc(/C(=C/N)NCC(C)(C)C)cc1)OC(C)C. The number of hydrogen-bond acceptors (Lipinski definition) is 4. The molecule has 0 heterocycles. The van der Waals surface area contributed by atoms with E-state index < -0.39 is 0 Å². The fourth-order valence-corrected chi connectivity index (χ4v) is 3.22. The lowest BCUT2D eigenvalue weighted by Crippen LogP contribution is -2.26. The topological polar surface area (TPSA) is 76.4 Å². The van der Waals surface area contributed by atoms with Crippen LogP contribution in [0.1, 0.15) is 65.0 Å². The van der Waals surface area contributed by atoms with Gasteiger partial charge in [-0.05, 0) is 49.3 Å². The molecule has 1 rings (SSSR count). The second-order valence-electron chi connectivity index (χ2n) is 9.68. The molecule has 0 radical (unpaired) electrons. The van der Waals surface area contributed by atoms with Gasteiger partial charge in [0.25, 0.3) is 0 Å². The summed E-state index contributed by atoms with van der Waals surface area (Å²) in [5, 5.41) is 6.94. The summed E-state index contributed by atoms with van der Waals surface area (Å²) in [5.41, 5.74) is 9.08. The van der Waals surface area contributed by atoms with Gasteiger partial charge in [-0.15, -0.1) is 6.58 Å². The first-order valence-corrected chi connectivity index (χ1v) is 12.2. The highest BCUT2D eigenvalue weighted by Crippen LogP contribution is 2.19. The van der Waals surface area contributed by atoms with Crippen LogP contribution in [-0.4, -0.2) is 25.1 Å². The van der Waals surface area contributed by atoms with E-state index in [-0.39, 0.29) is 23.8 Å². The van der Waals surface area contributed by atoms with E-state index in [0.717, 1.165) is 35.5 Å². The summed E-state index contributed by atoms with van der Waals surface area (Å²) in [4.78, 5) is 12.2. The van der Waals surface area contributed by atoms with Crippen molar-refractivity contribution in [3.63, 3.8) is 0 Å². The van der Waals surface area contributed by atoms with Crippen LogP contribution in [0.15, 0.2) is 66.1 Å². The first-order chi connectivity index (χ1) is 16.0. The number of benzene rings is 1. The Bertz CT molecular complexity index is 863. The molecule has 0 aliphatic heterocycles. The number of nitrogens with two attached hydrogens (primary N) is 1. The molecule has 0 aliphatic rings. The van der Waals surface area contributed by atoms with Crippen molar-refractivity contribution in [3.8, 4) is 0 Å². The molecule has 0 aromatic heterocycles. The quantitative estimate of drug-likeness (QED) is 0.221. The normalized spacial score (nSPS) is 13.1. The van der Waals surface area contributed by atoms with Crippen molar-refractivity contribution in [3.05, 3.63) is 77.2 Å². The Hall–Kier alpha value is -2.66. The van der Waals surface area contributed by atoms with Crippen LogP contribution in [0.25, 0.3) is 5.70 Å². The second kappa shape index (κ2) is 15.3. The van der Waals surface area contributed by atoms with Crippen molar-refractivity contribution in [1.82, 2.24) is 10.6 Å². The number of allylic oxidation sites excluding steroid dienone is 3. The Kier molecular flexibility index (Phi) is 13.2. The molecular formula is C28H42ClN3O2. The highest BCUT2D eigenvalue weighted by Gasteiger charge is 2.11. The molecule has 5 nitrogen and oxygen atoms in total. The van der Waals surface area contributed by atoms with Gasteiger partial charge in [0.1, 0.15) is 0 Å². The second-order valence-corrected chi connectivity index (χ2v) is 10.2. The Morgan fingerprint density at radius 2 is 1.85 bits per heavy atom. The maximum absolute atomic E-state index is 12.2. The zero-order valence-corrected chi connectivity index (χ0v) is 22.2. The standard InChI is InChI=1S/C28H42ClN3O2/c1-7-8-9-25(34-21(2)3)18-24(29)14-15-27(33)31-17-16-22-10-12-23(13-11-22)26(19-30)32-20-28(4,5)6/h7,9-14,19,21,32H,1,8,15-18,20,30H2,2-6H3,(H,31,33)/b24-14+,25-9+,26-19-. The average Bonchev–Trinajstić information content (AvgIpc) is 2.76. The van der Waals surface area contributed by atoms with Gasteiger partial charge in [0, 0.05) is 37.2 Å². The van der Waals surface area contributed by atoms with Crippen LogP contribution in [0.2, 0.25) is 0 Å². The largest absolute Gasteiger partial charge is 0.495 e. The molecule has 188 valence electrons. The Labute approximate surface area is 211 Å². The molecule has 0 atom stereocenters. The predicted molar refractivity (Wildman–Crippen MR) is 145 cm³/mol. The van der Waals surface area contributed by atoms with Crippen molar-refractivity contribution in [1.29, 1.82) is 0 Å².